The molecule has 1 aromatic rings. The quantitative estimate of drug-likeness (QED) is 0.471. The standard InChI is InChI=1S/C13H9F3O3/c1-19-12(18)4-2-3-9-7-11(13(14,15)16)6-5-10(9)8-17/h5-8H,4H2,1H3. The summed E-state index contributed by atoms with van der Waals surface area (Å²) >= 11 is 0. The average Bonchev–Trinajstić information content (AvgIpc) is 2.37. The van der Waals surface area contributed by atoms with Crippen molar-refractivity contribution >= 4 is 12.3 Å². The highest BCUT2D eigenvalue weighted by molar-refractivity contribution is 5.80. The van der Waals surface area contributed by atoms with Crippen molar-refractivity contribution < 1.29 is 27.5 Å². The third kappa shape index (κ3) is 4.14. The van der Waals surface area contributed by atoms with Gasteiger partial charge < -0.3 is 4.74 Å². The topological polar surface area (TPSA) is 43.4 Å². The third-order valence-electron chi connectivity index (χ3n) is 2.19. The molecule has 0 saturated carbocycles. The summed E-state index contributed by atoms with van der Waals surface area (Å²) in [5.41, 5.74) is -0.945. The van der Waals surface area contributed by atoms with Gasteiger partial charge in [0.15, 0.2) is 6.29 Å². The monoisotopic (exact) mass is 270 g/mol. The number of halogens is 3. The second-order valence-electron chi connectivity index (χ2n) is 3.47. The van der Waals surface area contributed by atoms with Gasteiger partial charge in [-0.05, 0) is 18.2 Å². The molecule has 0 radical (unpaired) electrons. The predicted octanol–water partition coefficient (Wildman–Crippen LogP) is 2.43. The van der Waals surface area contributed by atoms with Gasteiger partial charge in [0.2, 0.25) is 0 Å². The lowest BCUT2D eigenvalue weighted by Crippen LogP contribution is -2.06. The van der Waals surface area contributed by atoms with E-state index < -0.39 is 17.7 Å². The maximum Gasteiger partial charge on any atom is 0.416 e. The molecule has 0 amide bonds. The SMILES string of the molecule is COC(=O)CC#Cc1cc(C(F)(F)F)ccc1C=O. The fraction of sp³-hybridized carbons (Fsp3) is 0.231. The molecule has 6 heteroatoms. The van der Waals surface area contributed by atoms with E-state index in [1.807, 2.05) is 0 Å². The molecular formula is C13H9F3O3. The number of hydrogen-bond acceptors (Lipinski definition) is 3. The van der Waals surface area contributed by atoms with E-state index in [-0.39, 0.29) is 17.5 Å². The summed E-state index contributed by atoms with van der Waals surface area (Å²) in [7, 11) is 1.17. The van der Waals surface area contributed by atoms with E-state index in [1.165, 1.54) is 7.11 Å². The van der Waals surface area contributed by atoms with E-state index in [2.05, 4.69) is 16.6 Å². The van der Waals surface area contributed by atoms with Gasteiger partial charge in [0, 0.05) is 11.1 Å². The second kappa shape index (κ2) is 6.05. The van der Waals surface area contributed by atoms with Crippen LogP contribution in [0.5, 0.6) is 0 Å². The smallest absolute Gasteiger partial charge is 0.416 e. The van der Waals surface area contributed by atoms with E-state index in [0.29, 0.717) is 6.29 Å². The lowest BCUT2D eigenvalue weighted by atomic mass is 10.0. The zero-order valence-electron chi connectivity index (χ0n) is 9.88. The first-order valence-corrected chi connectivity index (χ1v) is 5.10. The van der Waals surface area contributed by atoms with Crippen LogP contribution in [0.2, 0.25) is 0 Å². The molecule has 0 aromatic heterocycles. The van der Waals surface area contributed by atoms with Crippen LogP contribution in [0.25, 0.3) is 0 Å². The number of methoxy groups -OCH3 is 1. The Bertz CT molecular complexity index is 550. The first-order chi connectivity index (χ1) is 8.88. The molecule has 3 nitrogen and oxygen atoms in total. The Labute approximate surface area is 107 Å². The Morgan fingerprint density at radius 2 is 2.11 bits per heavy atom. The minimum Gasteiger partial charge on any atom is -0.468 e. The maximum atomic E-state index is 12.5. The lowest BCUT2D eigenvalue weighted by Gasteiger charge is -2.07. The van der Waals surface area contributed by atoms with Crippen molar-refractivity contribution in [3.05, 3.63) is 34.9 Å². The minimum atomic E-state index is -4.51. The zero-order valence-corrected chi connectivity index (χ0v) is 9.88. The highest BCUT2D eigenvalue weighted by Gasteiger charge is 2.30. The zero-order chi connectivity index (χ0) is 14.5. The molecule has 0 heterocycles. The van der Waals surface area contributed by atoms with Crippen molar-refractivity contribution in [1.82, 2.24) is 0 Å². The van der Waals surface area contributed by atoms with Crippen LogP contribution in [0.4, 0.5) is 13.2 Å². The first-order valence-electron chi connectivity index (χ1n) is 5.10. The van der Waals surface area contributed by atoms with E-state index in [1.54, 1.807) is 0 Å². The molecule has 0 aliphatic rings. The molecule has 1 rings (SSSR count). The molecule has 1 aromatic carbocycles. The number of alkyl halides is 3. The van der Waals surface area contributed by atoms with E-state index in [4.69, 9.17) is 0 Å². The first kappa shape index (κ1) is 14.8. The van der Waals surface area contributed by atoms with Gasteiger partial charge >= 0.3 is 12.1 Å². The molecule has 19 heavy (non-hydrogen) atoms. The number of rotatable bonds is 2. The van der Waals surface area contributed by atoms with Crippen molar-refractivity contribution in [2.24, 2.45) is 0 Å². The molecule has 0 unspecified atom stereocenters. The van der Waals surface area contributed by atoms with E-state index in [9.17, 15) is 22.8 Å². The number of ether oxygens (including phenoxy) is 1. The Morgan fingerprint density at radius 1 is 1.42 bits per heavy atom. The predicted molar refractivity (Wildman–Crippen MR) is 60.3 cm³/mol. The van der Waals surface area contributed by atoms with Crippen molar-refractivity contribution in [1.29, 1.82) is 0 Å². The van der Waals surface area contributed by atoms with Crippen LogP contribution in [0.3, 0.4) is 0 Å². The van der Waals surface area contributed by atoms with Crippen LogP contribution in [0.1, 0.15) is 27.9 Å². The minimum absolute atomic E-state index is 0.0327. The molecule has 0 atom stereocenters. The van der Waals surface area contributed by atoms with Crippen LogP contribution >= 0.6 is 0 Å². The molecule has 0 spiro atoms. The number of hydrogen-bond donors (Lipinski definition) is 0. The van der Waals surface area contributed by atoms with Gasteiger partial charge in [-0.1, -0.05) is 11.8 Å². The molecule has 0 saturated heterocycles. The fourth-order valence-electron chi connectivity index (χ4n) is 1.23. The van der Waals surface area contributed by atoms with E-state index >= 15 is 0 Å². The molecule has 0 aliphatic carbocycles. The highest BCUT2D eigenvalue weighted by atomic mass is 19.4. The molecule has 0 N–H and O–H groups in total. The Kier molecular flexibility index (Phi) is 4.70. The average molecular weight is 270 g/mol. The molecule has 0 bridgehead atoms. The van der Waals surface area contributed by atoms with Crippen molar-refractivity contribution in [2.45, 2.75) is 12.6 Å². The number of benzene rings is 1. The normalized spacial score (nSPS) is 10.3. The summed E-state index contributed by atoms with van der Waals surface area (Å²) in [5.74, 6) is 4.11. The summed E-state index contributed by atoms with van der Waals surface area (Å²) in [6.07, 6.45) is -4.37. The molecule has 0 aliphatic heterocycles. The Balaban J connectivity index is 3.10. The van der Waals surface area contributed by atoms with Gasteiger partial charge in [0.05, 0.1) is 12.7 Å². The molecule has 0 fully saturated rings. The number of aldehydes is 1. The Hall–Kier alpha value is -2.29. The lowest BCUT2D eigenvalue weighted by molar-refractivity contribution is -0.139. The summed E-state index contributed by atoms with van der Waals surface area (Å²) < 4.78 is 41.8. The van der Waals surface area contributed by atoms with Crippen molar-refractivity contribution in [3.8, 4) is 11.8 Å². The molecular weight excluding hydrogens is 261 g/mol. The molecule has 100 valence electrons. The summed E-state index contributed by atoms with van der Waals surface area (Å²) in [4.78, 5) is 21.5. The van der Waals surface area contributed by atoms with Crippen molar-refractivity contribution in [3.63, 3.8) is 0 Å². The van der Waals surface area contributed by atoms with E-state index in [0.717, 1.165) is 18.2 Å². The van der Waals surface area contributed by atoms with Gasteiger partial charge in [-0.25, -0.2) is 0 Å². The van der Waals surface area contributed by atoms with Crippen molar-refractivity contribution in [2.75, 3.05) is 7.11 Å². The highest BCUT2D eigenvalue weighted by Crippen LogP contribution is 2.30. The van der Waals surface area contributed by atoms with Gasteiger partial charge in [-0.2, -0.15) is 13.2 Å². The largest absolute Gasteiger partial charge is 0.468 e. The number of esters is 1. The summed E-state index contributed by atoms with van der Waals surface area (Å²) in [6, 6.07) is 2.61. The van der Waals surface area contributed by atoms with Gasteiger partial charge in [-0.3, -0.25) is 9.59 Å². The fourth-order valence-corrected chi connectivity index (χ4v) is 1.23. The summed E-state index contributed by atoms with van der Waals surface area (Å²) in [6.45, 7) is 0. The number of carbonyl (C=O) groups is 2. The Morgan fingerprint density at radius 3 is 2.63 bits per heavy atom. The van der Waals surface area contributed by atoms with Crippen LogP contribution in [-0.2, 0) is 15.7 Å². The van der Waals surface area contributed by atoms with Gasteiger partial charge in [0.25, 0.3) is 0 Å². The van der Waals surface area contributed by atoms with Crippen LogP contribution in [-0.4, -0.2) is 19.4 Å². The van der Waals surface area contributed by atoms with Gasteiger partial charge in [0.1, 0.15) is 6.42 Å². The third-order valence-corrected chi connectivity index (χ3v) is 2.19. The second-order valence-corrected chi connectivity index (χ2v) is 3.47. The van der Waals surface area contributed by atoms with Crippen LogP contribution in [0, 0.1) is 11.8 Å². The van der Waals surface area contributed by atoms with Gasteiger partial charge in [-0.15, -0.1) is 0 Å². The maximum absolute atomic E-state index is 12.5. The van der Waals surface area contributed by atoms with Crippen LogP contribution < -0.4 is 0 Å². The summed E-state index contributed by atoms with van der Waals surface area (Å²) in [5, 5.41) is 0. The number of carbonyl (C=O) groups excluding carboxylic acids is 2. The van der Waals surface area contributed by atoms with Crippen LogP contribution in [0.15, 0.2) is 18.2 Å².